The van der Waals surface area contributed by atoms with Gasteiger partial charge < -0.3 is 0 Å². The van der Waals surface area contributed by atoms with Crippen LogP contribution >= 0.6 is 0 Å². The Morgan fingerprint density at radius 1 is 0.800 bits per heavy atom. The molecule has 0 unspecified atom stereocenters. The molecule has 150 valence electrons. The molecule has 0 saturated heterocycles. The molecule has 0 aliphatic heterocycles. The highest BCUT2D eigenvalue weighted by Gasteiger charge is 2.14. The van der Waals surface area contributed by atoms with Crippen LogP contribution in [0, 0.1) is 0 Å². The van der Waals surface area contributed by atoms with Crippen LogP contribution < -0.4 is 0 Å². The van der Waals surface area contributed by atoms with Gasteiger partial charge in [-0.25, -0.2) is 0 Å². The third kappa shape index (κ3) is 5.47. The average molecular weight is 417 g/mol. The molecule has 0 fully saturated rings. The SMILES string of the molecule is C=Cc1ccc(C=Nc2ccc(/C=C/c3ccc(N=C)cc3)c(S(=O)(=O)O)c2)cc1. The van der Waals surface area contributed by atoms with Crippen LogP contribution in [-0.2, 0) is 10.1 Å². The highest BCUT2D eigenvalue weighted by Crippen LogP contribution is 2.25. The third-order valence-corrected chi connectivity index (χ3v) is 5.25. The molecule has 30 heavy (non-hydrogen) atoms. The first-order chi connectivity index (χ1) is 14.4. The number of benzene rings is 3. The molecular formula is C24H20N2O3S. The summed E-state index contributed by atoms with van der Waals surface area (Å²) in [6.45, 7) is 7.18. The molecule has 3 aromatic rings. The van der Waals surface area contributed by atoms with Crippen LogP contribution in [0.4, 0.5) is 11.4 Å². The van der Waals surface area contributed by atoms with Gasteiger partial charge in [0, 0.05) is 6.21 Å². The fraction of sp³-hybridized carbons (Fsp3) is 0. The number of rotatable bonds is 7. The first-order valence-electron chi connectivity index (χ1n) is 9.02. The van der Waals surface area contributed by atoms with Crippen molar-refractivity contribution in [2.75, 3.05) is 0 Å². The first kappa shape index (κ1) is 21.1. The van der Waals surface area contributed by atoms with Crippen LogP contribution in [0.2, 0.25) is 0 Å². The molecule has 3 aromatic carbocycles. The fourth-order valence-corrected chi connectivity index (χ4v) is 3.41. The summed E-state index contributed by atoms with van der Waals surface area (Å²) >= 11 is 0. The molecule has 0 radical (unpaired) electrons. The molecule has 0 aliphatic rings. The van der Waals surface area contributed by atoms with E-state index in [0.29, 0.717) is 11.3 Å². The molecule has 0 aromatic heterocycles. The molecule has 0 amide bonds. The van der Waals surface area contributed by atoms with Crippen molar-refractivity contribution in [2.45, 2.75) is 4.90 Å². The van der Waals surface area contributed by atoms with E-state index in [4.69, 9.17) is 0 Å². The second kappa shape index (κ2) is 9.26. The number of aliphatic imine (C=N–C) groups is 2. The number of nitrogens with zero attached hydrogens (tertiary/aromatic N) is 2. The average Bonchev–Trinajstić information content (AvgIpc) is 2.76. The molecule has 0 saturated carbocycles. The van der Waals surface area contributed by atoms with Crippen molar-refractivity contribution in [1.29, 1.82) is 0 Å². The first-order valence-corrected chi connectivity index (χ1v) is 10.5. The molecule has 0 atom stereocenters. The van der Waals surface area contributed by atoms with Crippen LogP contribution in [0.15, 0.2) is 88.2 Å². The van der Waals surface area contributed by atoms with Crippen LogP contribution in [0.3, 0.4) is 0 Å². The standard InChI is InChI=1S/C24H20N2O3S/c1-3-18-4-6-20(7-5-18)17-26-23-15-12-21(24(16-23)30(27,28)29)11-8-19-9-13-22(25-2)14-10-19/h3-17H,1-2H2,(H,27,28,29)/b11-8+,26-17?. The van der Waals surface area contributed by atoms with Gasteiger partial charge in [-0.3, -0.25) is 14.5 Å². The van der Waals surface area contributed by atoms with Crippen LogP contribution in [0.25, 0.3) is 18.2 Å². The predicted molar refractivity (Wildman–Crippen MR) is 125 cm³/mol. The highest BCUT2D eigenvalue weighted by molar-refractivity contribution is 7.86. The van der Waals surface area contributed by atoms with E-state index in [2.05, 4.69) is 23.3 Å². The molecule has 5 nitrogen and oxygen atoms in total. The summed E-state index contributed by atoms with van der Waals surface area (Å²) in [6.07, 6.45) is 6.75. The van der Waals surface area contributed by atoms with E-state index < -0.39 is 10.1 Å². The van der Waals surface area contributed by atoms with Gasteiger partial charge in [0.05, 0.1) is 11.4 Å². The smallest absolute Gasteiger partial charge is 0.282 e. The summed E-state index contributed by atoms with van der Waals surface area (Å²) in [6, 6.07) is 19.5. The van der Waals surface area contributed by atoms with E-state index in [1.165, 1.54) is 6.07 Å². The van der Waals surface area contributed by atoms with Gasteiger partial charge in [-0.1, -0.05) is 67.3 Å². The van der Waals surface area contributed by atoms with Gasteiger partial charge in [0.1, 0.15) is 4.90 Å². The lowest BCUT2D eigenvalue weighted by Gasteiger charge is -2.05. The Balaban J connectivity index is 1.89. The van der Waals surface area contributed by atoms with Gasteiger partial charge in [0.15, 0.2) is 0 Å². The maximum atomic E-state index is 11.9. The van der Waals surface area contributed by atoms with Crippen molar-refractivity contribution < 1.29 is 13.0 Å². The van der Waals surface area contributed by atoms with Gasteiger partial charge >= 0.3 is 0 Å². The molecule has 1 N–H and O–H groups in total. The Hall–Kier alpha value is -3.61. The molecule has 0 bridgehead atoms. The van der Waals surface area contributed by atoms with E-state index in [1.807, 2.05) is 36.4 Å². The summed E-state index contributed by atoms with van der Waals surface area (Å²) in [4.78, 5) is 7.94. The zero-order valence-corrected chi connectivity index (χ0v) is 17.0. The lowest BCUT2D eigenvalue weighted by Crippen LogP contribution is -2.00. The second-order valence-corrected chi connectivity index (χ2v) is 7.80. The summed E-state index contributed by atoms with van der Waals surface area (Å²) < 4.78 is 33.4. The van der Waals surface area contributed by atoms with Crippen LogP contribution in [0.1, 0.15) is 22.3 Å². The van der Waals surface area contributed by atoms with Crippen molar-refractivity contribution in [1.82, 2.24) is 0 Å². The Morgan fingerprint density at radius 2 is 1.40 bits per heavy atom. The van der Waals surface area contributed by atoms with E-state index in [9.17, 15) is 13.0 Å². The van der Waals surface area contributed by atoms with Gasteiger partial charge in [-0.15, -0.1) is 0 Å². The Morgan fingerprint density at radius 3 is 2.00 bits per heavy atom. The van der Waals surface area contributed by atoms with Crippen molar-refractivity contribution in [3.63, 3.8) is 0 Å². The predicted octanol–water partition coefficient (Wildman–Crippen LogP) is 5.83. The lowest BCUT2D eigenvalue weighted by atomic mass is 10.1. The molecule has 3 rings (SSSR count). The Bertz CT molecular complexity index is 1220. The summed E-state index contributed by atoms with van der Waals surface area (Å²) in [5.41, 5.74) is 4.22. The van der Waals surface area contributed by atoms with Gasteiger partial charge in [0.25, 0.3) is 10.1 Å². The number of hydrogen-bond acceptors (Lipinski definition) is 4. The topological polar surface area (TPSA) is 79.1 Å². The molecule has 0 spiro atoms. The van der Waals surface area contributed by atoms with E-state index >= 15 is 0 Å². The molecule has 0 aliphatic carbocycles. The van der Waals surface area contributed by atoms with E-state index in [-0.39, 0.29) is 4.90 Å². The van der Waals surface area contributed by atoms with Gasteiger partial charge in [-0.05, 0) is 53.2 Å². The molecular weight excluding hydrogens is 396 g/mol. The van der Waals surface area contributed by atoms with E-state index in [1.54, 1.807) is 48.7 Å². The Labute approximate surface area is 176 Å². The second-order valence-electron chi connectivity index (χ2n) is 6.41. The zero-order chi connectivity index (χ0) is 21.6. The maximum Gasteiger partial charge on any atom is 0.295 e. The van der Waals surface area contributed by atoms with E-state index in [0.717, 1.165) is 22.4 Å². The minimum absolute atomic E-state index is 0.209. The minimum atomic E-state index is -4.42. The summed E-state index contributed by atoms with van der Waals surface area (Å²) in [5, 5.41) is 0. The molecule has 6 heteroatoms. The zero-order valence-electron chi connectivity index (χ0n) is 16.1. The van der Waals surface area contributed by atoms with Crippen molar-refractivity contribution in [2.24, 2.45) is 9.98 Å². The van der Waals surface area contributed by atoms with Gasteiger partial charge in [-0.2, -0.15) is 8.42 Å². The Kier molecular flexibility index (Phi) is 6.51. The van der Waals surface area contributed by atoms with Crippen molar-refractivity contribution in [3.05, 3.63) is 95.6 Å². The van der Waals surface area contributed by atoms with Crippen molar-refractivity contribution in [3.8, 4) is 0 Å². The van der Waals surface area contributed by atoms with Crippen LogP contribution in [0.5, 0.6) is 0 Å². The third-order valence-electron chi connectivity index (χ3n) is 4.34. The normalized spacial score (nSPS) is 11.8. The maximum absolute atomic E-state index is 11.9. The fourth-order valence-electron chi connectivity index (χ4n) is 2.71. The highest BCUT2D eigenvalue weighted by atomic mass is 32.2. The number of hydrogen-bond donors (Lipinski definition) is 1. The summed E-state index contributed by atoms with van der Waals surface area (Å²) in [5.74, 6) is 0. The lowest BCUT2D eigenvalue weighted by molar-refractivity contribution is 0.483. The minimum Gasteiger partial charge on any atom is -0.282 e. The molecule has 0 heterocycles. The monoisotopic (exact) mass is 416 g/mol. The van der Waals surface area contributed by atoms with Gasteiger partial charge in [0.2, 0.25) is 0 Å². The quantitative estimate of drug-likeness (QED) is 0.299. The summed E-state index contributed by atoms with van der Waals surface area (Å²) in [7, 11) is -4.42. The largest absolute Gasteiger partial charge is 0.295 e. The van der Waals surface area contributed by atoms with Crippen molar-refractivity contribution >= 4 is 52.7 Å². The van der Waals surface area contributed by atoms with Crippen LogP contribution in [-0.4, -0.2) is 25.9 Å².